The number of likely N-dealkylation sites (tertiary alicyclic amines) is 1. The molecule has 0 amide bonds. The SMILES string of the molecule is CN1CCC(CN(C)c2ccc([N+](=O)[O-])cc2C(=O)O)C1. The maximum Gasteiger partial charge on any atom is 0.338 e. The van der Waals surface area contributed by atoms with E-state index in [4.69, 9.17) is 0 Å². The first-order valence-corrected chi connectivity index (χ1v) is 6.80. The first-order chi connectivity index (χ1) is 9.88. The zero-order chi connectivity index (χ0) is 15.6. The molecule has 1 fully saturated rings. The third-order valence-electron chi connectivity index (χ3n) is 3.85. The second-order valence-electron chi connectivity index (χ2n) is 5.56. The fourth-order valence-corrected chi connectivity index (χ4v) is 2.80. The standard InChI is InChI=1S/C14H19N3O4/c1-15-6-5-10(8-15)9-16(2)13-4-3-11(17(20)21)7-12(13)14(18)19/h3-4,7,10H,5-6,8-9H2,1-2H3,(H,18,19). The summed E-state index contributed by atoms with van der Waals surface area (Å²) >= 11 is 0. The van der Waals surface area contributed by atoms with Gasteiger partial charge in [-0.2, -0.15) is 0 Å². The largest absolute Gasteiger partial charge is 0.478 e. The van der Waals surface area contributed by atoms with Crippen LogP contribution in [0.5, 0.6) is 0 Å². The van der Waals surface area contributed by atoms with Crippen LogP contribution in [0.2, 0.25) is 0 Å². The van der Waals surface area contributed by atoms with Crippen LogP contribution >= 0.6 is 0 Å². The third kappa shape index (κ3) is 3.49. The number of nitro benzene ring substituents is 1. The Kier molecular flexibility index (Phi) is 4.42. The summed E-state index contributed by atoms with van der Waals surface area (Å²) in [5.74, 6) is -0.666. The van der Waals surface area contributed by atoms with Crippen LogP contribution in [0.3, 0.4) is 0 Å². The number of hydrogen-bond acceptors (Lipinski definition) is 5. The van der Waals surface area contributed by atoms with Gasteiger partial charge in [0.1, 0.15) is 0 Å². The van der Waals surface area contributed by atoms with Crippen LogP contribution < -0.4 is 4.90 Å². The molecule has 114 valence electrons. The van der Waals surface area contributed by atoms with Gasteiger partial charge in [-0.05, 0) is 32.0 Å². The predicted octanol–water partition coefficient (Wildman–Crippen LogP) is 1.68. The molecular weight excluding hydrogens is 274 g/mol. The van der Waals surface area contributed by atoms with Gasteiger partial charge >= 0.3 is 5.97 Å². The molecule has 1 aromatic carbocycles. The molecule has 0 spiro atoms. The van der Waals surface area contributed by atoms with Gasteiger partial charge in [-0.3, -0.25) is 10.1 Å². The number of hydrogen-bond donors (Lipinski definition) is 1. The van der Waals surface area contributed by atoms with Gasteiger partial charge in [-0.15, -0.1) is 0 Å². The molecule has 1 atom stereocenters. The molecule has 1 unspecified atom stereocenters. The molecule has 1 saturated heterocycles. The average Bonchev–Trinajstić information content (AvgIpc) is 2.83. The topological polar surface area (TPSA) is 86.9 Å². The van der Waals surface area contributed by atoms with Crippen LogP contribution in [0.4, 0.5) is 11.4 Å². The van der Waals surface area contributed by atoms with Crippen LogP contribution in [0.25, 0.3) is 0 Å². The van der Waals surface area contributed by atoms with Crippen LogP contribution in [0.15, 0.2) is 18.2 Å². The first kappa shape index (κ1) is 15.2. The summed E-state index contributed by atoms with van der Waals surface area (Å²) in [6, 6.07) is 3.98. The summed E-state index contributed by atoms with van der Waals surface area (Å²) in [6.07, 6.45) is 1.08. The maximum absolute atomic E-state index is 11.3. The van der Waals surface area contributed by atoms with E-state index in [-0.39, 0.29) is 11.3 Å². The third-order valence-corrected chi connectivity index (χ3v) is 3.85. The van der Waals surface area contributed by atoms with Gasteiger partial charge in [0.05, 0.1) is 16.2 Å². The summed E-state index contributed by atoms with van der Waals surface area (Å²) in [6.45, 7) is 2.77. The lowest BCUT2D eigenvalue weighted by Crippen LogP contribution is -2.28. The van der Waals surface area contributed by atoms with Crippen molar-refractivity contribution in [2.45, 2.75) is 6.42 Å². The molecule has 1 heterocycles. The van der Waals surface area contributed by atoms with Gasteiger partial charge < -0.3 is 14.9 Å². The number of carbonyl (C=O) groups is 1. The van der Waals surface area contributed by atoms with Crippen molar-refractivity contribution in [1.82, 2.24) is 4.90 Å². The highest BCUT2D eigenvalue weighted by Crippen LogP contribution is 2.26. The van der Waals surface area contributed by atoms with E-state index in [1.165, 1.54) is 12.1 Å². The molecule has 7 heteroatoms. The Morgan fingerprint density at radius 3 is 2.81 bits per heavy atom. The van der Waals surface area contributed by atoms with Crippen molar-refractivity contribution in [2.24, 2.45) is 5.92 Å². The van der Waals surface area contributed by atoms with Crippen molar-refractivity contribution in [3.8, 4) is 0 Å². The number of nitro groups is 1. The molecule has 0 aliphatic carbocycles. The van der Waals surface area contributed by atoms with E-state index in [0.717, 1.165) is 32.1 Å². The minimum Gasteiger partial charge on any atom is -0.478 e. The Hall–Kier alpha value is -2.15. The van der Waals surface area contributed by atoms with Gasteiger partial charge in [0, 0.05) is 32.3 Å². The molecule has 0 radical (unpaired) electrons. The molecule has 1 aromatic rings. The summed E-state index contributed by atoms with van der Waals surface area (Å²) < 4.78 is 0. The molecule has 1 aliphatic heterocycles. The maximum atomic E-state index is 11.3. The number of carboxylic acids is 1. The number of benzene rings is 1. The summed E-state index contributed by atoms with van der Waals surface area (Å²) in [4.78, 5) is 25.6. The molecule has 7 nitrogen and oxygen atoms in total. The number of carboxylic acid groups (broad SMARTS) is 1. The molecule has 0 bridgehead atoms. The molecule has 1 N–H and O–H groups in total. The quantitative estimate of drug-likeness (QED) is 0.656. The monoisotopic (exact) mass is 293 g/mol. The minimum absolute atomic E-state index is 0.0296. The molecule has 0 saturated carbocycles. The first-order valence-electron chi connectivity index (χ1n) is 6.80. The lowest BCUT2D eigenvalue weighted by molar-refractivity contribution is -0.384. The predicted molar refractivity (Wildman–Crippen MR) is 78.9 cm³/mol. The van der Waals surface area contributed by atoms with Crippen molar-refractivity contribution in [1.29, 1.82) is 0 Å². The van der Waals surface area contributed by atoms with Gasteiger partial charge in [-0.1, -0.05) is 0 Å². The fourth-order valence-electron chi connectivity index (χ4n) is 2.80. The van der Waals surface area contributed by atoms with Gasteiger partial charge in [0.2, 0.25) is 0 Å². The zero-order valence-corrected chi connectivity index (χ0v) is 12.2. The minimum atomic E-state index is -1.15. The van der Waals surface area contributed by atoms with Crippen molar-refractivity contribution in [3.63, 3.8) is 0 Å². The van der Waals surface area contributed by atoms with Gasteiger partial charge in [-0.25, -0.2) is 4.79 Å². The Morgan fingerprint density at radius 2 is 2.29 bits per heavy atom. The summed E-state index contributed by atoms with van der Waals surface area (Å²) in [5.41, 5.74) is 0.283. The summed E-state index contributed by atoms with van der Waals surface area (Å²) in [5, 5.41) is 20.0. The molecule has 1 aliphatic rings. The fraction of sp³-hybridized carbons (Fsp3) is 0.500. The normalized spacial score (nSPS) is 18.7. The number of anilines is 1. The highest BCUT2D eigenvalue weighted by Gasteiger charge is 2.23. The van der Waals surface area contributed by atoms with Crippen LogP contribution in [0.1, 0.15) is 16.8 Å². The van der Waals surface area contributed by atoms with E-state index in [2.05, 4.69) is 11.9 Å². The van der Waals surface area contributed by atoms with E-state index in [1.807, 2.05) is 11.9 Å². The van der Waals surface area contributed by atoms with E-state index in [1.54, 1.807) is 0 Å². The Labute approximate surface area is 122 Å². The summed E-state index contributed by atoms with van der Waals surface area (Å²) in [7, 11) is 3.89. The van der Waals surface area contributed by atoms with E-state index < -0.39 is 10.9 Å². The van der Waals surface area contributed by atoms with E-state index in [9.17, 15) is 20.0 Å². The van der Waals surface area contributed by atoms with Crippen LogP contribution in [-0.4, -0.2) is 54.6 Å². The highest BCUT2D eigenvalue weighted by molar-refractivity contribution is 5.95. The number of rotatable bonds is 5. The second-order valence-corrected chi connectivity index (χ2v) is 5.56. The Bertz CT molecular complexity index is 561. The number of aromatic carboxylic acids is 1. The molecule has 21 heavy (non-hydrogen) atoms. The highest BCUT2D eigenvalue weighted by atomic mass is 16.6. The van der Waals surface area contributed by atoms with Crippen molar-refractivity contribution in [3.05, 3.63) is 33.9 Å². The van der Waals surface area contributed by atoms with E-state index in [0.29, 0.717) is 11.6 Å². The van der Waals surface area contributed by atoms with Gasteiger partial charge in [0.25, 0.3) is 5.69 Å². The van der Waals surface area contributed by atoms with Crippen molar-refractivity contribution < 1.29 is 14.8 Å². The second kappa shape index (κ2) is 6.09. The van der Waals surface area contributed by atoms with Crippen molar-refractivity contribution >= 4 is 17.3 Å². The molecular formula is C14H19N3O4. The Morgan fingerprint density at radius 1 is 1.57 bits per heavy atom. The smallest absolute Gasteiger partial charge is 0.338 e. The van der Waals surface area contributed by atoms with Gasteiger partial charge in [0.15, 0.2) is 0 Å². The van der Waals surface area contributed by atoms with Crippen molar-refractivity contribution in [2.75, 3.05) is 38.6 Å². The lowest BCUT2D eigenvalue weighted by Gasteiger charge is -2.24. The van der Waals surface area contributed by atoms with Crippen LogP contribution in [0, 0.1) is 16.0 Å². The average molecular weight is 293 g/mol. The van der Waals surface area contributed by atoms with Crippen LogP contribution in [-0.2, 0) is 0 Å². The molecule has 2 rings (SSSR count). The number of nitrogens with zero attached hydrogens (tertiary/aromatic N) is 3. The zero-order valence-electron chi connectivity index (χ0n) is 12.2. The number of non-ortho nitro benzene ring substituents is 1. The molecule has 0 aromatic heterocycles. The van der Waals surface area contributed by atoms with E-state index >= 15 is 0 Å². The lowest BCUT2D eigenvalue weighted by atomic mass is 10.1. The Balaban J connectivity index is 2.21.